The van der Waals surface area contributed by atoms with Crippen molar-refractivity contribution in [2.75, 3.05) is 18.6 Å². The molecule has 30 heavy (non-hydrogen) atoms. The molecule has 0 saturated heterocycles. The highest BCUT2D eigenvalue weighted by atomic mass is 16.5. The van der Waals surface area contributed by atoms with Gasteiger partial charge < -0.3 is 15.4 Å². The fraction of sp³-hybridized carbons (Fsp3) is 0.273. The standard InChI is InChI=1S/C22H21N5O3/c1-26-16-9-5-6-10-17(16)30-12-15(22(26)29)18-14(13-7-3-2-4-8-13)11-27-20(18)19(21(23)28)24-25-27/h2-10,14-15,18H,11-12H2,1H3,(H2,23,28)/t14?,15-,18?/m1/s1. The molecule has 2 aromatic carbocycles. The zero-order valence-electron chi connectivity index (χ0n) is 16.4. The minimum absolute atomic E-state index is 0.0537. The Labute approximate surface area is 173 Å². The number of ether oxygens (including phenoxy) is 1. The molecule has 2 N–H and O–H groups in total. The molecule has 8 nitrogen and oxygen atoms in total. The highest BCUT2D eigenvalue weighted by Gasteiger charge is 2.47. The molecule has 0 spiro atoms. The van der Waals surface area contributed by atoms with Gasteiger partial charge in [-0.2, -0.15) is 0 Å². The van der Waals surface area contributed by atoms with E-state index in [1.165, 1.54) is 0 Å². The van der Waals surface area contributed by atoms with Gasteiger partial charge in [-0.25, -0.2) is 4.68 Å². The predicted molar refractivity (Wildman–Crippen MR) is 109 cm³/mol. The number of nitrogens with two attached hydrogens (primary N) is 1. The van der Waals surface area contributed by atoms with Crippen molar-refractivity contribution in [3.8, 4) is 5.75 Å². The van der Waals surface area contributed by atoms with Crippen LogP contribution in [0.1, 0.15) is 33.6 Å². The number of carbonyl (C=O) groups is 2. The molecule has 2 aliphatic rings. The average molecular weight is 403 g/mol. The van der Waals surface area contributed by atoms with E-state index in [-0.39, 0.29) is 30.0 Å². The molecule has 0 aliphatic carbocycles. The highest BCUT2D eigenvalue weighted by Crippen LogP contribution is 2.47. The molecule has 5 rings (SSSR count). The molecule has 2 amide bonds. The van der Waals surface area contributed by atoms with Crippen LogP contribution in [0.25, 0.3) is 0 Å². The van der Waals surface area contributed by atoms with Crippen molar-refractivity contribution in [1.82, 2.24) is 15.0 Å². The number of primary amides is 1. The van der Waals surface area contributed by atoms with E-state index in [0.29, 0.717) is 18.0 Å². The van der Waals surface area contributed by atoms with Crippen LogP contribution in [-0.2, 0) is 11.3 Å². The van der Waals surface area contributed by atoms with Crippen LogP contribution in [0.4, 0.5) is 5.69 Å². The van der Waals surface area contributed by atoms with Gasteiger partial charge >= 0.3 is 0 Å². The summed E-state index contributed by atoms with van der Waals surface area (Å²) in [5.74, 6) is -0.974. The second-order valence-corrected chi connectivity index (χ2v) is 7.70. The van der Waals surface area contributed by atoms with Crippen LogP contribution in [0.2, 0.25) is 0 Å². The summed E-state index contributed by atoms with van der Waals surface area (Å²) in [5.41, 5.74) is 8.11. The van der Waals surface area contributed by atoms with Gasteiger partial charge in [-0.15, -0.1) is 5.10 Å². The Morgan fingerprint density at radius 1 is 1.10 bits per heavy atom. The highest BCUT2D eigenvalue weighted by molar-refractivity contribution is 5.98. The number of hydrogen-bond acceptors (Lipinski definition) is 5. The first-order valence-corrected chi connectivity index (χ1v) is 9.83. The van der Waals surface area contributed by atoms with Gasteiger partial charge in [-0.3, -0.25) is 9.59 Å². The van der Waals surface area contributed by atoms with Crippen molar-refractivity contribution in [3.63, 3.8) is 0 Å². The smallest absolute Gasteiger partial charge is 0.271 e. The van der Waals surface area contributed by atoms with Crippen LogP contribution in [0.15, 0.2) is 54.6 Å². The van der Waals surface area contributed by atoms with Crippen molar-refractivity contribution in [1.29, 1.82) is 0 Å². The molecule has 0 saturated carbocycles. The number of aromatic nitrogens is 3. The zero-order valence-corrected chi connectivity index (χ0v) is 16.4. The molecule has 8 heteroatoms. The van der Waals surface area contributed by atoms with E-state index < -0.39 is 11.8 Å². The molecular weight excluding hydrogens is 382 g/mol. The monoisotopic (exact) mass is 403 g/mol. The summed E-state index contributed by atoms with van der Waals surface area (Å²) >= 11 is 0. The third kappa shape index (κ3) is 2.75. The average Bonchev–Trinajstić information content (AvgIpc) is 3.31. The summed E-state index contributed by atoms with van der Waals surface area (Å²) in [6.45, 7) is 0.711. The second kappa shape index (κ2) is 6.98. The molecule has 152 valence electrons. The lowest BCUT2D eigenvalue weighted by atomic mass is 9.77. The number of nitrogens with zero attached hydrogens (tertiary/aromatic N) is 4. The summed E-state index contributed by atoms with van der Waals surface area (Å²) in [5, 5.41) is 8.14. The van der Waals surface area contributed by atoms with Gasteiger partial charge in [0.1, 0.15) is 12.4 Å². The Bertz CT molecular complexity index is 1130. The lowest BCUT2D eigenvalue weighted by Crippen LogP contribution is -2.38. The second-order valence-electron chi connectivity index (χ2n) is 7.70. The third-order valence-corrected chi connectivity index (χ3v) is 6.08. The van der Waals surface area contributed by atoms with E-state index in [9.17, 15) is 9.59 Å². The van der Waals surface area contributed by atoms with Crippen LogP contribution in [0, 0.1) is 5.92 Å². The summed E-state index contributed by atoms with van der Waals surface area (Å²) in [6, 6.07) is 17.4. The Kier molecular flexibility index (Phi) is 4.27. The SMILES string of the molecule is CN1C(=O)[C@@H](C2c3c(C(N)=O)nnn3CC2c2ccccc2)COc2ccccc21. The number of benzene rings is 2. The molecule has 3 aromatic rings. The number of para-hydroxylation sites is 2. The summed E-state index contributed by atoms with van der Waals surface area (Å²) in [6.07, 6.45) is 0. The van der Waals surface area contributed by atoms with E-state index in [1.807, 2.05) is 54.6 Å². The Morgan fingerprint density at radius 2 is 1.83 bits per heavy atom. The van der Waals surface area contributed by atoms with Crippen molar-refractivity contribution in [2.24, 2.45) is 11.7 Å². The van der Waals surface area contributed by atoms with Gasteiger partial charge in [0.15, 0.2) is 5.69 Å². The first kappa shape index (κ1) is 18.4. The first-order valence-electron chi connectivity index (χ1n) is 9.83. The maximum atomic E-state index is 13.6. The Morgan fingerprint density at radius 3 is 2.60 bits per heavy atom. The maximum absolute atomic E-state index is 13.6. The number of hydrogen-bond donors (Lipinski definition) is 1. The molecule has 0 bridgehead atoms. The van der Waals surface area contributed by atoms with Gasteiger partial charge in [0, 0.05) is 18.9 Å². The number of rotatable bonds is 3. The normalized spacial score (nSPS) is 22.8. The molecule has 3 atom stereocenters. The summed E-state index contributed by atoms with van der Waals surface area (Å²) in [4.78, 5) is 27.3. The van der Waals surface area contributed by atoms with Crippen LogP contribution < -0.4 is 15.4 Å². The van der Waals surface area contributed by atoms with Crippen molar-refractivity contribution < 1.29 is 14.3 Å². The number of amides is 2. The topological polar surface area (TPSA) is 103 Å². The van der Waals surface area contributed by atoms with Crippen molar-refractivity contribution >= 4 is 17.5 Å². The quantitative estimate of drug-likeness (QED) is 0.720. The fourth-order valence-corrected chi connectivity index (χ4v) is 4.67. The Hall–Kier alpha value is -3.68. The minimum Gasteiger partial charge on any atom is -0.491 e. The molecule has 2 aliphatic heterocycles. The number of carbonyl (C=O) groups excluding carboxylic acids is 2. The summed E-state index contributed by atoms with van der Waals surface area (Å²) < 4.78 is 7.76. The molecule has 0 radical (unpaired) electrons. The molecule has 2 unspecified atom stereocenters. The van der Waals surface area contributed by atoms with Gasteiger partial charge in [0.25, 0.3) is 5.91 Å². The largest absolute Gasteiger partial charge is 0.491 e. The fourth-order valence-electron chi connectivity index (χ4n) is 4.67. The summed E-state index contributed by atoms with van der Waals surface area (Å²) in [7, 11) is 1.75. The zero-order chi connectivity index (χ0) is 20.8. The molecular formula is C22H21N5O3. The first-order chi connectivity index (χ1) is 14.6. The van der Waals surface area contributed by atoms with Crippen LogP contribution in [0.3, 0.4) is 0 Å². The molecule has 3 heterocycles. The lowest BCUT2D eigenvalue weighted by Gasteiger charge is -2.28. The lowest BCUT2D eigenvalue weighted by molar-refractivity contribution is -0.123. The van der Waals surface area contributed by atoms with E-state index in [0.717, 1.165) is 11.3 Å². The van der Waals surface area contributed by atoms with Gasteiger partial charge in [0.05, 0.1) is 23.8 Å². The van der Waals surface area contributed by atoms with E-state index in [1.54, 1.807) is 16.6 Å². The number of fused-ring (bicyclic) bond motifs is 2. The van der Waals surface area contributed by atoms with E-state index in [2.05, 4.69) is 10.3 Å². The molecule has 1 aromatic heterocycles. The maximum Gasteiger partial charge on any atom is 0.271 e. The van der Waals surface area contributed by atoms with E-state index >= 15 is 0 Å². The minimum atomic E-state index is -0.645. The van der Waals surface area contributed by atoms with Crippen LogP contribution in [-0.4, -0.2) is 40.5 Å². The van der Waals surface area contributed by atoms with Crippen molar-refractivity contribution in [2.45, 2.75) is 18.4 Å². The van der Waals surface area contributed by atoms with Gasteiger partial charge in [-0.05, 0) is 17.7 Å². The van der Waals surface area contributed by atoms with Gasteiger partial charge in [0.2, 0.25) is 5.91 Å². The van der Waals surface area contributed by atoms with Gasteiger partial charge in [-0.1, -0.05) is 47.7 Å². The predicted octanol–water partition coefficient (Wildman–Crippen LogP) is 1.93. The van der Waals surface area contributed by atoms with E-state index in [4.69, 9.17) is 10.5 Å². The van der Waals surface area contributed by atoms with Crippen molar-refractivity contribution in [3.05, 3.63) is 71.5 Å². The van der Waals surface area contributed by atoms with Crippen LogP contribution in [0.5, 0.6) is 5.75 Å². The Balaban J connectivity index is 1.62. The third-order valence-electron chi connectivity index (χ3n) is 6.08. The number of anilines is 1. The molecule has 0 fully saturated rings. The van der Waals surface area contributed by atoms with Crippen LogP contribution >= 0.6 is 0 Å².